The first kappa shape index (κ1) is 13.0. The lowest BCUT2D eigenvalue weighted by Gasteiger charge is -2.08. The summed E-state index contributed by atoms with van der Waals surface area (Å²) in [6.45, 7) is 9.00. The molecule has 0 saturated carbocycles. The van der Waals surface area contributed by atoms with Gasteiger partial charge in [-0.05, 0) is 29.4 Å². The van der Waals surface area contributed by atoms with Gasteiger partial charge >= 0.3 is 0 Å². The van der Waals surface area contributed by atoms with Crippen LogP contribution in [0.1, 0.15) is 57.6 Å². The van der Waals surface area contributed by atoms with Gasteiger partial charge in [0.1, 0.15) is 0 Å². The van der Waals surface area contributed by atoms with Crippen LogP contribution >= 0.6 is 0 Å². The number of hydrogen-bond acceptors (Lipinski definition) is 0. The first-order valence-corrected chi connectivity index (χ1v) is 6.45. The molecule has 0 amide bonds. The lowest BCUT2D eigenvalue weighted by molar-refractivity contribution is 0.701. The van der Waals surface area contributed by atoms with E-state index < -0.39 is 0 Å². The van der Waals surface area contributed by atoms with E-state index in [1.54, 1.807) is 0 Å². The molecule has 2 unspecified atom stereocenters. The third-order valence-electron chi connectivity index (χ3n) is 3.38. The highest BCUT2D eigenvalue weighted by molar-refractivity contribution is 5.50. The van der Waals surface area contributed by atoms with E-state index in [9.17, 15) is 0 Å². The summed E-state index contributed by atoms with van der Waals surface area (Å²) in [7, 11) is 0. The number of rotatable bonds is 5. The van der Waals surface area contributed by atoms with Crippen molar-refractivity contribution in [2.75, 3.05) is 0 Å². The monoisotopic (exact) mass is 216 g/mol. The minimum absolute atomic E-state index is 0.674. The molecule has 1 rings (SSSR count). The van der Waals surface area contributed by atoms with Gasteiger partial charge in [0.05, 0.1) is 0 Å². The summed E-state index contributed by atoms with van der Waals surface area (Å²) in [6, 6.07) is 8.95. The van der Waals surface area contributed by atoms with Gasteiger partial charge in [-0.1, -0.05) is 70.5 Å². The summed E-state index contributed by atoms with van der Waals surface area (Å²) in [6.07, 6.45) is 6.94. The van der Waals surface area contributed by atoms with Gasteiger partial charge in [-0.15, -0.1) is 0 Å². The number of hydrogen-bond donors (Lipinski definition) is 0. The maximum absolute atomic E-state index is 2.29. The van der Waals surface area contributed by atoms with Crippen LogP contribution in [0.5, 0.6) is 0 Å². The molecule has 0 saturated heterocycles. The van der Waals surface area contributed by atoms with Crippen molar-refractivity contribution in [3.63, 3.8) is 0 Å². The van der Waals surface area contributed by atoms with Crippen molar-refractivity contribution >= 4 is 6.08 Å². The third kappa shape index (κ3) is 3.84. The zero-order valence-corrected chi connectivity index (χ0v) is 11.0. The van der Waals surface area contributed by atoms with Gasteiger partial charge in [0.2, 0.25) is 0 Å². The van der Waals surface area contributed by atoms with E-state index in [1.807, 2.05) is 0 Å². The zero-order chi connectivity index (χ0) is 12.0. The summed E-state index contributed by atoms with van der Waals surface area (Å²) in [5.74, 6) is 1.35. The fraction of sp³-hybridized carbons (Fsp3) is 0.500. The third-order valence-corrected chi connectivity index (χ3v) is 3.38. The normalized spacial score (nSPS) is 15.2. The maximum Gasteiger partial charge on any atom is -0.0193 e. The fourth-order valence-electron chi connectivity index (χ4n) is 1.58. The molecule has 0 spiro atoms. The summed E-state index contributed by atoms with van der Waals surface area (Å²) in [5.41, 5.74) is 2.76. The van der Waals surface area contributed by atoms with Crippen LogP contribution in [0.25, 0.3) is 6.08 Å². The molecular formula is C16H24. The second kappa shape index (κ2) is 6.52. The molecule has 16 heavy (non-hydrogen) atoms. The Morgan fingerprint density at radius 1 is 1.00 bits per heavy atom. The van der Waals surface area contributed by atoms with Gasteiger partial charge in [-0.25, -0.2) is 0 Å². The molecule has 0 heterocycles. The Morgan fingerprint density at radius 2 is 1.62 bits per heavy atom. The molecule has 0 radical (unpaired) electrons. The quantitative estimate of drug-likeness (QED) is 0.630. The lowest BCUT2D eigenvalue weighted by Crippen LogP contribution is -1.90. The summed E-state index contributed by atoms with van der Waals surface area (Å²) < 4.78 is 0. The Balaban J connectivity index is 2.68. The van der Waals surface area contributed by atoms with E-state index in [0.29, 0.717) is 11.8 Å². The molecular weight excluding hydrogens is 192 g/mol. The Bertz CT molecular complexity index is 318. The molecule has 0 aliphatic heterocycles. The van der Waals surface area contributed by atoms with Gasteiger partial charge in [-0.3, -0.25) is 0 Å². The summed E-state index contributed by atoms with van der Waals surface area (Å²) in [4.78, 5) is 0. The van der Waals surface area contributed by atoms with Crippen molar-refractivity contribution in [3.05, 3.63) is 41.5 Å². The molecule has 0 N–H and O–H groups in total. The molecule has 2 atom stereocenters. The fourth-order valence-corrected chi connectivity index (χ4v) is 1.58. The minimum Gasteiger partial charge on any atom is -0.0811 e. The van der Waals surface area contributed by atoms with Crippen LogP contribution in [0, 0.1) is 5.92 Å². The molecule has 0 aromatic heterocycles. The van der Waals surface area contributed by atoms with Gasteiger partial charge in [0, 0.05) is 0 Å². The van der Waals surface area contributed by atoms with Crippen molar-refractivity contribution in [1.29, 1.82) is 0 Å². The van der Waals surface area contributed by atoms with Crippen molar-refractivity contribution in [2.24, 2.45) is 5.92 Å². The van der Waals surface area contributed by atoms with Crippen molar-refractivity contribution in [1.82, 2.24) is 0 Å². The highest BCUT2D eigenvalue weighted by Gasteiger charge is 2.01. The Hall–Kier alpha value is -1.04. The largest absolute Gasteiger partial charge is 0.0811 e. The standard InChI is InChI=1S/C16H24/c1-5-13(3)7-8-15-9-11-16(12-10-15)14(4)6-2/h7-14H,5-6H2,1-4H3. The molecule has 0 aliphatic rings. The van der Waals surface area contributed by atoms with Crippen molar-refractivity contribution < 1.29 is 0 Å². The van der Waals surface area contributed by atoms with Gasteiger partial charge in [0.25, 0.3) is 0 Å². The molecule has 0 bridgehead atoms. The molecule has 0 aliphatic carbocycles. The van der Waals surface area contributed by atoms with Crippen LogP contribution in [0.4, 0.5) is 0 Å². The molecule has 88 valence electrons. The number of benzene rings is 1. The smallest absolute Gasteiger partial charge is 0.0193 e. The predicted molar refractivity (Wildman–Crippen MR) is 73.6 cm³/mol. The van der Waals surface area contributed by atoms with E-state index in [2.05, 4.69) is 64.1 Å². The topological polar surface area (TPSA) is 0 Å². The van der Waals surface area contributed by atoms with Crippen molar-refractivity contribution in [2.45, 2.75) is 46.5 Å². The Morgan fingerprint density at radius 3 is 2.12 bits per heavy atom. The Labute approximate surface area is 100 Å². The zero-order valence-electron chi connectivity index (χ0n) is 11.0. The van der Waals surface area contributed by atoms with Crippen LogP contribution < -0.4 is 0 Å². The average Bonchev–Trinajstić information content (AvgIpc) is 2.35. The van der Waals surface area contributed by atoms with Gasteiger partial charge in [-0.2, -0.15) is 0 Å². The lowest BCUT2D eigenvalue weighted by atomic mass is 9.97. The molecule has 0 heteroatoms. The van der Waals surface area contributed by atoms with Crippen LogP contribution in [0.15, 0.2) is 30.3 Å². The van der Waals surface area contributed by atoms with Crippen LogP contribution in [0.2, 0.25) is 0 Å². The SMILES string of the molecule is CCC(C)C=Cc1ccc(C(C)CC)cc1. The summed E-state index contributed by atoms with van der Waals surface area (Å²) in [5, 5.41) is 0. The summed E-state index contributed by atoms with van der Waals surface area (Å²) >= 11 is 0. The Kier molecular flexibility index (Phi) is 5.31. The number of allylic oxidation sites excluding steroid dienone is 1. The van der Waals surface area contributed by atoms with E-state index in [1.165, 1.54) is 24.0 Å². The molecule has 1 aromatic carbocycles. The first-order valence-electron chi connectivity index (χ1n) is 6.45. The van der Waals surface area contributed by atoms with Crippen LogP contribution in [0.3, 0.4) is 0 Å². The van der Waals surface area contributed by atoms with Crippen molar-refractivity contribution in [3.8, 4) is 0 Å². The van der Waals surface area contributed by atoms with E-state index in [4.69, 9.17) is 0 Å². The van der Waals surface area contributed by atoms with Crippen LogP contribution in [-0.2, 0) is 0 Å². The van der Waals surface area contributed by atoms with E-state index in [-0.39, 0.29) is 0 Å². The van der Waals surface area contributed by atoms with Crippen LogP contribution in [-0.4, -0.2) is 0 Å². The highest BCUT2D eigenvalue weighted by Crippen LogP contribution is 2.19. The second-order valence-corrected chi connectivity index (χ2v) is 4.72. The first-order chi connectivity index (χ1) is 7.67. The minimum atomic E-state index is 0.674. The predicted octanol–water partition coefficient (Wildman–Crippen LogP) is 5.26. The second-order valence-electron chi connectivity index (χ2n) is 4.72. The van der Waals surface area contributed by atoms with Gasteiger partial charge < -0.3 is 0 Å². The molecule has 1 aromatic rings. The molecule has 0 nitrogen and oxygen atoms in total. The maximum atomic E-state index is 2.29. The van der Waals surface area contributed by atoms with E-state index in [0.717, 1.165) is 0 Å². The van der Waals surface area contributed by atoms with Gasteiger partial charge in [0.15, 0.2) is 0 Å². The molecule has 0 fully saturated rings. The highest BCUT2D eigenvalue weighted by atomic mass is 14.1. The van der Waals surface area contributed by atoms with E-state index >= 15 is 0 Å². The average molecular weight is 216 g/mol.